The minimum absolute atomic E-state index is 0.0369. The van der Waals surface area contributed by atoms with Gasteiger partial charge in [-0.2, -0.15) is 0 Å². The van der Waals surface area contributed by atoms with E-state index >= 15 is 0 Å². The van der Waals surface area contributed by atoms with Gasteiger partial charge in [0.25, 0.3) is 5.91 Å². The maximum Gasteiger partial charge on any atom is 0.409 e. The molecule has 0 N–H and O–H groups in total. The lowest BCUT2D eigenvalue weighted by molar-refractivity contribution is 0.0380. The van der Waals surface area contributed by atoms with Crippen molar-refractivity contribution in [2.75, 3.05) is 45.9 Å². The van der Waals surface area contributed by atoms with Crippen LogP contribution in [0, 0.1) is 0 Å². The Labute approximate surface area is 157 Å². The molecule has 0 saturated carbocycles. The molecule has 0 spiro atoms. The standard InChI is InChI=1S/C17H24ClN3O3S/c1-2-24-17(23)20-9-7-19(8-10-20)13-4-3-6-21(12-13)16(22)15-14(18)5-11-25-15/h5,11,13H,2-4,6-10,12H2,1H3. The molecule has 8 heteroatoms. The van der Waals surface area contributed by atoms with E-state index in [4.69, 9.17) is 16.3 Å². The fourth-order valence-corrected chi connectivity index (χ4v) is 4.61. The first-order chi connectivity index (χ1) is 12.1. The van der Waals surface area contributed by atoms with Crippen LogP contribution in [-0.4, -0.2) is 78.6 Å². The summed E-state index contributed by atoms with van der Waals surface area (Å²) in [6.07, 6.45) is 1.86. The molecular formula is C17H24ClN3O3S. The Morgan fingerprint density at radius 3 is 2.64 bits per heavy atom. The number of likely N-dealkylation sites (tertiary alicyclic amines) is 1. The first kappa shape index (κ1) is 18.5. The second kappa shape index (κ2) is 8.38. The summed E-state index contributed by atoms with van der Waals surface area (Å²) in [6, 6.07) is 2.12. The number of hydrogen-bond donors (Lipinski definition) is 0. The van der Waals surface area contributed by atoms with Gasteiger partial charge in [0.05, 0.1) is 11.6 Å². The van der Waals surface area contributed by atoms with Crippen molar-refractivity contribution in [3.8, 4) is 0 Å². The second-order valence-electron chi connectivity index (χ2n) is 6.37. The van der Waals surface area contributed by atoms with Crippen molar-refractivity contribution in [3.63, 3.8) is 0 Å². The predicted molar refractivity (Wildman–Crippen MR) is 98.4 cm³/mol. The zero-order chi connectivity index (χ0) is 17.8. The summed E-state index contributed by atoms with van der Waals surface area (Å²) in [4.78, 5) is 31.2. The number of carbonyl (C=O) groups is 2. The largest absolute Gasteiger partial charge is 0.450 e. The third-order valence-electron chi connectivity index (χ3n) is 4.85. The van der Waals surface area contributed by atoms with Crippen LogP contribution in [0.1, 0.15) is 29.4 Å². The molecule has 2 amide bonds. The highest BCUT2D eigenvalue weighted by atomic mass is 35.5. The molecule has 0 bridgehead atoms. The van der Waals surface area contributed by atoms with Gasteiger partial charge in [-0.15, -0.1) is 11.3 Å². The number of carbonyl (C=O) groups excluding carboxylic acids is 2. The first-order valence-corrected chi connectivity index (χ1v) is 10.0. The number of halogens is 1. The van der Waals surface area contributed by atoms with Crippen LogP contribution in [0.5, 0.6) is 0 Å². The number of piperidine rings is 1. The molecule has 0 aliphatic carbocycles. The van der Waals surface area contributed by atoms with E-state index < -0.39 is 0 Å². The molecule has 1 atom stereocenters. The van der Waals surface area contributed by atoms with Gasteiger partial charge in [-0.3, -0.25) is 9.69 Å². The van der Waals surface area contributed by atoms with Gasteiger partial charge in [-0.05, 0) is 31.2 Å². The van der Waals surface area contributed by atoms with Gasteiger partial charge in [0.1, 0.15) is 4.88 Å². The number of thiophene rings is 1. The van der Waals surface area contributed by atoms with Crippen molar-refractivity contribution < 1.29 is 14.3 Å². The number of ether oxygens (including phenoxy) is 1. The summed E-state index contributed by atoms with van der Waals surface area (Å²) >= 11 is 7.51. The molecule has 2 fully saturated rings. The Morgan fingerprint density at radius 2 is 2.00 bits per heavy atom. The molecule has 1 aromatic rings. The lowest BCUT2D eigenvalue weighted by Gasteiger charge is -2.43. The topological polar surface area (TPSA) is 53.1 Å². The van der Waals surface area contributed by atoms with Crippen LogP contribution < -0.4 is 0 Å². The van der Waals surface area contributed by atoms with Gasteiger partial charge in [0, 0.05) is 45.3 Å². The van der Waals surface area contributed by atoms with Crippen LogP contribution in [0.25, 0.3) is 0 Å². The summed E-state index contributed by atoms with van der Waals surface area (Å²) in [5.41, 5.74) is 0. The van der Waals surface area contributed by atoms with Gasteiger partial charge in [0.2, 0.25) is 0 Å². The van der Waals surface area contributed by atoms with E-state index in [-0.39, 0.29) is 12.0 Å². The molecule has 6 nitrogen and oxygen atoms in total. The minimum atomic E-state index is -0.227. The van der Waals surface area contributed by atoms with Crippen LogP contribution in [0.4, 0.5) is 4.79 Å². The molecular weight excluding hydrogens is 362 g/mol. The van der Waals surface area contributed by atoms with Crippen molar-refractivity contribution >= 4 is 34.9 Å². The van der Waals surface area contributed by atoms with Crippen LogP contribution in [0.2, 0.25) is 5.02 Å². The molecule has 0 aromatic carbocycles. The quantitative estimate of drug-likeness (QED) is 0.802. The summed E-state index contributed by atoms with van der Waals surface area (Å²) < 4.78 is 5.07. The minimum Gasteiger partial charge on any atom is -0.450 e. The molecule has 2 aliphatic rings. The normalized spacial score (nSPS) is 22.1. The van der Waals surface area contributed by atoms with Gasteiger partial charge < -0.3 is 14.5 Å². The number of rotatable bonds is 3. The second-order valence-corrected chi connectivity index (χ2v) is 7.69. The van der Waals surface area contributed by atoms with E-state index in [0.717, 1.165) is 39.0 Å². The zero-order valence-electron chi connectivity index (χ0n) is 14.4. The van der Waals surface area contributed by atoms with Crippen molar-refractivity contribution in [1.82, 2.24) is 14.7 Å². The van der Waals surface area contributed by atoms with Gasteiger partial charge in [-0.25, -0.2) is 4.79 Å². The van der Waals surface area contributed by atoms with E-state index in [1.165, 1.54) is 11.3 Å². The number of hydrogen-bond acceptors (Lipinski definition) is 5. The van der Waals surface area contributed by atoms with Crippen molar-refractivity contribution in [2.24, 2.45) is 0 Å². The van der Waals surface area contributed by atoms with E-state index in [1.807, 2.05) is 17.2 Å². The van der Waals surface area contributed by atoms with Crippen LogP contribution in [-0.2, 0) is 4.74 Å². The molecule has 3 rings (SSSR count). The van der Waals surface area contributed by atoms with Crippen LogP contribution in [0.15, 0.2) is 11.4 Å². The fraction of sp³-hybridized carbons (Fsp3) is 0.647. The lowest BCUT2D eigenvalue weighted by Crippen LogP contribution is -2.56. The van der Waals surface area contributed by atoms with E-state index in [2.05, 4.69) is 4.90 Å². The number of piperazine rings is 1. The average Bonchev–Trinajstić information content (AvgIpc) is 3.07. The molecule has 138 valence electrons. The highest BCUT2D eigenvalue weighted by Gasteiger charge is 2.32. The fourth-order valence-electron chi connectivity index (χ4n) is 3.51. The van der Waals surface area contributed by atoms with E-state index in [9.17, 15) is 9.59 Å². The molecule has 1 aromatic heterocycles. The smallest absolute Gasteiger partial charge is 0.409 e. The highest BCUT2D eigenvalue weighted by Crippen LogP contribution is 2.26. The lowest BCUT2D eigenvalue weighted by atomic mass is 10.0. The maximum atomic E-state index is 12.7. The molecule has 1 unspecified atom stereocenters. The van der Waals surface area contributed by atoms with Gasteiger partial charge in [-0.1, -0.05) is 11.6 Å². The van der Waals surface area contributed by atoms with Crippen molar-refractivity contribution in [1.29, 1.82) is 0 Å². The van der Waals surface area contributed by atoms with E-state index in [1.54, 1.807) is 11.0 Å². The van der Waals surface area contributed by atoms with Gasteiger partial charge in [0.15, 0.2) is 0 Å². The Balaban J connectivity index is 1.55. The molecule has 3 heterocycles. The monoisotopic (exact) mass is 385 g/mol. The highest BCUT2D eigenvalue weighted by molar-refractivity contribution is 7.12. The summed E-state index contributed by atoms with van der Waals surface area (Å²) in [5.74, 6) is 0.0369. The third-order valence-corrected chi connectivity index (χ3v) is 6.18. The predicted octanol–water partition coefficient (Wildman–Crippen LogP) is 2.78. The number of amides is 2. The number of nitrogens with zero attached hydrogens (tertiary/aromatic N) is 3. The van der Waals surface area contributed by atoms with Crippen molar-refractivity contribution in [2.45, 2.75) is 25.8 Å². The Hall–Kier alpha value is -1.31. The summed E-state index contributed by atoms with van der Waals surface area (Å²) in [6.45, 7) is 6.75. The van der Waals surface area contributed by atoms with E-state index in [0.29, 0.717) is 35.6 Å². The molecule has 0 radical (unpaired) electrons. The third kappa shape index (κ3) is 4.27. The maximum absolute atomic E-state index is 12.7. The Morgan fingerprint density at radius 1 is 1.24 bits per heavy atom. The van der Waals surface area contributed by atoms with Gasteiger partial charge >= 0.3 is 6.09 Å². The Kier molecular flexibility index (Phi) is 6.19. The van der Waals surface area contributed by atoms with Crippen molar-refractivity contribution in [3.05, 3.63) is 21.3 Å². The zero-order valence-corrected chi connectivity index (χ0v) is 16.0. The summed E-state index contributed by atoms with van der Waals surface area (Å²) in [7, 11) is 0. The first-order valence-electron chi connectivity index (χ1n) is 8.78. The molecule has 25 heavy (non-hydrogen) atoms. The molecule has 2 saturated heterocycles. The average molecular weight is 386 g/mol. The summed E-state index contributed by atoms with van der Waals surface area (Å²) in [5, 5.41) is 2.39. The Bertz CT molecular complexity index is 616. The molecule has 2 aliphatic heterocycles. The van der Waals surface area contributed by atoms with Crippen LogP contribution >= 0.6 is 22.9 Å². The van der Waals surface area contributed by atoms with Crippen LogP contribution in [0.3, 0.4) is 0 Å². The SMILES string of the molecule is CCOC(=O)N1CCN(C2CCCN(C(=O)c3sccc3Cl)C2)CC1.